The topological polar surface area (TPSA) is 35.2 Å². The predicted molar refractivity (Wildman–Crippen MR) is 59.1 cm³/mol. The Balaban J connectivity index is 2.19. The molecule has 0 radical (unpaired) electrons. The lowest BCUT2D eigenvalue weighted by Crippen LogP contribution is -2.29. The van der Waals surface area contributed by atoms with Gasteiger partial charge in [-0.1, -0.05) is 12.8 Å². The van der Waals surface area contributed by atoms with Crippen molar-refractivity contribution in [2.45, 2.75) is 30.9 Å². The third kappa shape index (κ3) is 3.88. The van der Waals surface area contributed by atoms with E-state index in [0.717, 1.165) is 30.1 Å². The van der Waals surface area contributed by atoms with Gasteiger partial charge in [0.15, 0.2) is 0 Å². The first-order chi connectivity index (χ1) is 6.38. The molecule has 2 unspecified atom stereocenters. The minimum Gasteiger partial charge on any atom is -0.384 e. The monoisotopic (exact) mass is 203 g/mol. The van der Waals surface area contributed by atoms with Crippen LogP contribution in [0.4, 0.5) is 0 Å². The minimum absolute atomic E-state index is 0.760. The fourth-order valence-electron chi connectivity index (χ4n) is 1.95. The lowest BCUT2D eigenvalue weighted by atomic mass is 9.89. The van der Waals surface area contributed by atoms with Crippen LogP contribution < -0.4 is 5.73 Å². The molecule has 1 aliphatic rings. The number of rotatable bonds is 5. The highest BCUT2D eigenvalue weighted by Gasteiger charge is 2.23. The third-order valence-electron chi connectivity index (χ3n) is 2.76. The summed E-state index contributed by atoms with van der Waals surface area (Å²) in [6.45, 7) is 1.74. The molecule has 3 heteroatoms. The lowest BCUT2D eigenvalue weighted by Gasteiger charge is -2.30. The number of hydrogen-bond donors (Lipinski definition) is 1. The number of methoxy groups -OCH3 is 1. The smallest absolute Gasteiger partial charge is 0.0553 e. The molecule has 0 heterocycles. The number of nitrogens with two attached hydrogens (primary N) is 1. The Morgan fingerprint density at radius 3 is 2.85 bits per heavy atom. The zero-order valence-corrected chi connectivity index (χ0v) is 9.31. The zero-order valence-electron chi connectivity index (χ0n) is 8.50. The molecule has 2 N–H and O–H groups in total. The van der Waals surface area contributed by atoms with E-state index in [1.54, 1.807) is 7.11 Å². The van der Waals surface area contributed by atoms with Crippen molar-refractivity contribution < 1.29 is 4.74 Å². The Kier molecular flexibility index (Phi) is 5.83. The number of ether oxygens (including phenoxy) is 1. The van der Waals surface area contributed by atoms with Crippen molar-refractivity contribution >= 4 is 11.8 Å². The summed E-state index contributed by atoms with van der Waals surface area (Å²) in [5.74, 6) is 1.88. The molecule has 0 aromatic heterocycles. The molecule has 1 rings (SSSR count). The van der Waals surface area contributed by atoms with Crippen molar-refractivity contribution in [1.82, 2.24) is 0 Å². The van der Waals surface area contributed by atoms with Gasteiger partial charge in [0, 0.05) is 18.1 Å². The normalized spacial score (nSPS) is 29.1. The first-order valence-electron chi connectivity index (χ1n) is 5.19. The van der Waals surface area contributed by atoms with Crippen molar-refractivity contribution in [3.8, 4) is 0 Å². The van der Waals surface area contributed by atoms with Gasteiger partial charge in [0.1, 0.15) is 0 Å². The Bertz CT molecular complexity index is 132. The van der Waals surface area contributed by atoms with Gasteiger partial charge in [-0.3, -0.25) is 0 Å². The van der Waals surface area contributed by atoms with Crippen molar-refractivity contribution in [3.63, 3.8) is 0 Å². The van der Waals surface area contributed by atoms with Gasteiger partial charge in [0.05, 0.1) is 6.61 Å². The molecule has 2 nitrogen and oxygen atoms in total. The van der Waals surface area contributed by atoms with Gasteiger partial charge >= 0.3 is 0 Å². The summed E-state index contributed by atoms with van der Waals surface area (Å²) in [6, 6.07) is 0. The van der Waals surface area contributed by atoms with Crippen LogP contribution in [0.1, 0.15) is 25.7 Å². The maximum atomic E-state index is 5.75. The molecule has 1 aliphatic carbocycles. The molecule has 0 amide bonds. The molecule has 0 bridgehead atoms. The van der Waals surface area contributed by atoms with Crippen LogP contribution in [0.5, 0.6) is 0 Å². The highest BCUT2D eigenvalue weighted by molar-refractivity contribution is 7.99. The summed E-state index contributed by atoms with van der Waals surface area (Å²) < 4.78 is 5.05. The molecule has 0 saturated heterocycles. The standard InChI is InChI=1S/C10H21NOS/c1-12-6-7-13-10-5-3-2-4-9(10)8-11/h9-10H,2-8,11H2,1H3. The van der Waals surface area contributed by atoms with Crippen molar-refractivity contribution in [2.24, 2.45) is 11.7 Å². The van der Waals surface area contributed by atoms with Gasteiger partial charge in [-0.2, -0.15) is 11.8 Å². The van der Waals surface area contributed by atoms with Crippen LogP contribution in [0.25, 0.3) is 0 Å². The Morgan fingerprint density at radius 2 is 2.15 bits per heavy atom. The Hall–Kier alpha value is 0.270. The van der Waals surface area contributed by atoms with Gasteiger partial charge in [-0.05, 0) is 25.3 Å². The summed E-state index contributed by atoms with van der Waals surface area (Å²) >= 11 is 2.05. The summed E-state index contributed by atoms with van der Waals surface area (Å²) in [5.41, 5.74) is 5.75. The van der Waals surface area contributed by atoms with E-state index in [1.165, 1.54) is 25.7 Å². The second kappa shape index (κ2) is 6.68. The molecule has 0 spiro atoms. The molecule has 1 saturated carbocycles. The number of thioether (sulfide) groups is 1. The van der Waals surface area contributed by atoms with Gasteiger partial charge in [-0.25, -0.2) is 0 Å². The largest absolute Gasteiger partial charge is 0.384 e. The van der Waals surface area contributed by atoms with Gasteiger partial charge < -0.3 is 10.5 Å². The molecule has 0 aromatic carbocycles. The fourth-order valence-corrected chi connectivity index (χ4v) is 3.36. The van der Waals surface area contributed by atoms with E-state index in [0.29, 0.717) is 0 Å². The van der Waals surface area contributed by atoms with Crippen molar-refractivity contribution in [1.29, 1.82) is 0 Å². The van der Waals surface area contributed by atoms with Crippen LogP contribution in [0.2, 0.25) is 0 Å². The first-order valence-corrected chi connectivity index (χ1v) is 6.24. The molecular formula is C10H21NOS. The number of hydrogen-bond acceptors (Lipinski definition) is 3. The first kappa shape index (κ1) is 11.3. The van der Waals surface area contributed by atoms with E-state index >= 15 is 0 Å². The van der Waals surface area contributed by atoms with Gasteiger partial charge in [-0.15, -0.1) is 0 Å². The van der Waals surface area contributed by atoms with Crippen LogP contribution in [-0.4, -0.2) is 31.3 Å². The average Bonchev–Trinajstić information content (AvgIpc) is 2.19. The maximum Gasteiger partial charge on any atom is 0.0553 e. The van der Waals surface area contributed by atoms with Crippen LogP contribution >= 0.6 is 11.8 Å². The third-order valence-corrected chi connectivity index (χ3v) is 4.21. The van der Waals surface area contributed by atoms with Gasteiger partial charge in [0.2, 0.25) is 0 Å². The Labute approximate surface area is 85.6 Å². The SMILES string of the molecule is COCCSC1CCCCC1CN. The van der Waals surface area contributed by atoms with Crippen LogP contribution in [0.15, 0.2) is 0 Å². The second-order valence-corrected chi connectivity index (χ2v) is 5.03. The molecule has 0 aromatic rings. The molecule has 2 atom stereocenters. The summed E-state index contributed by atoms with van der Waals surface area (Å²) in [6.07, 6.45) is 5.46. The van der Waals surface area contributed by atoms with E-state index in [4.69, 9.17) is 10.5 Å². The fraction of sp³-hybridized carbons (Fsp3) is 1.00. The van der Waals surface area contributed by atoms with Crippen LogP contribution in [0, 0.1) is 5.92 Å². The molecule has 13 heavy (non-hydrogen) atoms. The zero-order chi connectivity index (χ0) is 9.52. The lowest BCUT2D eigenvalue weighted by molar-refractivity contribution is 0.218. The highest BCUT2D eigenvalue weighted by Crippen LogP contribution is 2.32. The summed E-state index contributed by atoms with van der Waals surface area (Å²) in [4.78, 5) is 0. The van der Waals surface area contributed by atoms with E-state index in [-0.39, 0.29) is 0 Å². The molecular weight excluding hydrogens is 182 g/mol. The minimum atomic E-state index is 0.760. The van der Waals surface area contributed by atoms with Gasteiger partial charge in [0.25, 0.3) is 0 Å². The van der Waals surface area contributed by atoms with Crippen molar-refractivity contribution in [2.75, 3.05) is 26.0 Å². The van der Waals surface area contributed by atoms with Crippen LogP contribution in [0.3, 0.4) is 0 Å². The van der Waals surface area contributed by atoms with E-state index in [1.807, 2.05) is 11.8 Å². The average molecular weight is 203 g/mol. The molecule has 0 aliphatic heterocycles. The maximum absolute atomic E-state index is 5.75. The summed E-state index contributed by atoms with van der Waals surface area (Å²) in [7, 11) is 1.77. The Morgan fingerprint density at radius 1 is 1.38 bits per heavy atom. The highest BCUT2D eigenvalue weighted by atomic mass is 32.2. The molecule has 78 valence electrons. The summed E-state index contributed by atoms with van der Waals surface area (Å²) in [5, 5.41) is 0.800. The van der Waals surface area contributed by atoms with Crippen molar-refractivity contribution in [3.05, 3.63) is 0 Å². The van der Waals surface area contributed by atoms with E-state index in [2.05, 4.69) is 0 Å². The van der Waals surface area contributed by atoms with E-state index < -0.39 is 0 Å². The molecule has 1 fully saturated rings. The van der Waals surface area contributed by atoms with E-state index in [9.17, 15) is 0 Å². The quantitative estimate of drug-likeness (QED) is 0.693. The predicted octanol–water partition coefficient (Wildman–Crippen LogP) is 1.88. The van der Waals surface area contributed by atoms with Crippen LogP contribution in [-0.2, 0) is 4.74 Å². The second-order valence-electron chi connectivity index (χ2n) is 3.68.